The first kappa shape index (κ1) is 13.1. The van der Waals surface area contributed by atoms with Crippen molar-refractivity contribution in [2.45, 2.75) is 18.3 Å². The summed E-state index contributed by atoms with van der Waals surface area (Å²) in [6, 6.07) is 10.2. The first-order valence-electron chi connectivity index (χ1n) is 6.22. The molecule has 96 valence electrons. The minimum atomic E-state index is 0.0412. The second-order valence-corrected chi connectivity index (χ2v) is 4.76. The van der Waals surface area contributed by atoms with Gasteiger partial charge in [-0.2, -0.15) is 0 Å². The second-order valence-electron chi connectivity index (χ2n) is 4.24. The highest BCUT2D eigenvalue weighted by atomic mass is 35.5. The van der Waals surface area contributed by atoms with Crippen LogP contribution >= 0.6 is 11.6 Å². The van der Waals surface area contributed by atoms with Crippen LogP contribution in [0.2, 0.25) is 0 Å². The van der Waals surface area contributed by atoms with E-state index in [-0.39, 0.29) is 5.38 Å². The van der Waals surface area contributed by atoms with Crippen molar-refractivity contribution < 1.29 is 0 Å². The van der Waals surface area contributed by atoms with Crippen LogP contribution in [0.3, 0.4) is 0 Å². The molecule has 4 heteroatoms. The van der Waals surface area contributed by atoms with E-state index in [0.29, 0.717) is 0 Å². The van der Waals surface area contributed by atoms with E-state index in [9.17, 15) is 0 Å². The average Bonchev–Trinajstić information content (AvgIpc) is 2.92. The van der Waals surface area contributed by atoms with Crippen LogP contribution in [0.15, 0.2) is 49.1 Å². The molecule has 3 nitrogen and oxygen atoms in total. The summed E-state index contributed by atoms with van der Waals surface area (Å²) in [6.07, 6.45) is 6.70. The van der Waals surface area contributed by atoms with Gasteiger partial charge in [0.25, 0.3) is 0 Å². The van der Waals surface area contributed by atoms with E-state index in [4.69, 9.17) is 11.6 Å². The molecule has 0 saturated carbocycles. The molecule has 0 spiro atoms. The standard InChI is InChI=1S/C14H18ClN3/c15-14(13-5-2-1-3-6-13)11-16-7-4-9-18-10-8-17-12-18/h1-3,5-6,8,10,12,14,16H,4,7,9,11H2. The maximum atomic E-state index is 6.31. The number of nitrogens with zero attached hydrogens (tertiary/aromatic N) is 2. The Balaban J connectivity index is 1.61. The number of benzene rings is 1. The first-order chi connectivity index (χ1) is 8.86. The van der Waals surface area contributed by atoms with Crippen molar-refractivity contribution in [2.24, 2.45) is 0 Å². The van der Waals surface area contributed by atoms with Gasteiger partial charge in [0.2, 0.25) is 0 Å². The van der Waals surface area contributed by atoms with Crippen LogP contribution in [0.25, 0.3) is 0 Å². The first-order valence-corrected chi connectivity index (χ1v) is 6.65. The summed E-state index contributed by atoms with van der Waals surface area (Å²) in [7, 11) is 0. The summed E-state index contributed by atoms with van der Waals surface area (Å²) < 4.78 is 2.08. The van der Waals surface area contributed by atoms with Gasteiger partial charge in [-0.15, -0.1) is 11.6 Å². The topological polar surface area (TPSA) is 29.9 Å². The zero-order valence-corrected chi connectivity index (χ0v) is 11.1. The van der Waals surface area contributed by atoms with Crippen molar-refractivity contribution >= 4 is 11.6 Å². The Morgan fingerprint density at radius 1 is 1.28 bits per heavy atom. The van der Waals surface area contributed by atoms with Gasteiger partial charge in [-0.05, 0) is 18.5 Å². The molecular formula is C14H18ClN3. The number of aryl methyl sites for hydroxylation is 1. The van der Waals surface area contributed by atoms with E-state index in [1.54, 1.807) is 6.20 Å². The molecule has 2 aromatic rings. The number of aromatic nitrogens is 2. The lowest BCUT2D eigenvalue weighted by Gasteiger charge is -2.11. The molecule has 1 aromatic heterocycles. The van der Waals surface area contributed by atoms with Gasteiger partial charge in [0.15, 0.2) is 0 Å². The van der Waals surface area contributed by atoms with Gasteiger partial charge in [0, 0.05) is 25.5 Å². The number of rotatable bonds is 7. The Morgan fingerprint density at radius 3 is 2.83 bits per heavy atom. The average molecular weight is 264 g/mol. The molecule has 1 N–H and O–H groups in total. The molecule has 1 aromatic carbocycles. The lowest BCUT2D eigenvalue weighted by molar-refractivity contribution is 0.578. The highest BCUT2D eigenvalue weighted by molar-refractivity contribution is 6.21. The second kappa shape index (κ2) is 7.19. The maximum Gasteiger partial charge on any atom is 0.0945 e. The minimum absolute atomic E-state index is 0.0412. The fourth-order valence-corrected chi connectivity index (χ4v) is 2.07. The third-order valence-corrected chi connectivity index (χ3v) is 3.22. The SMILES string of the molecule is ClC(CNCCCn1ccnc1)c1ccccc1. The molecule has 0 fully saturated rings. The molecular weight excluding hydrogens is 246 g/mol. The Morgan fingerprint density at radius 2 is 2.11 bits per heavy atom. The summed E-state index contributed by atoms with van der Waals surface area (Å²) in [5.74, 6) is 0. The molecule has 0 aliphatic rings. The summed E-state index contributed by atoms with van der Waals surface area (Å²) in [6.45, 7) is 2.76. The van der Waals surface area contributed by atoms with Crippen molar-refractivity contribution in [3.05, 3.63) is 54.6 Å². The van der Waals surface area contributed by atoms with Gasteiger partial charge in [-0.1, -0.05) is 30.3 Å². The fraction of sp³-hybridized carbons (Fsp3) is 0.357. The normalized spacial score (nSPS) is 12.5. The van der Waals surface area contributed by atoms with Gasteiger partial charge >= 0.3 is 0 Å². The predicted octanol–water partition coefficient (Wildman–Crippen LogP) is 2.84. The van der Waals surface area contributed by atoms with Gasteiger partial charge in [0.05, 0.1) is 11.7 Å². The summed E-state index contributed by atoms with van der Waals surface area (Å²) in [5, 5.41) is 3.42. The van der Waals surface area contributed by atoms with Gasteiger partial charge in [-0.25, -0.2) is 4.98 Å². The molecule has 0 aliphatic carbocycles. The van der Waals surface area contributed by atoms with E-state index in [2.05, 4.69) is 27.0 Å². The molecule has 0 aliphatic heterocycles. The number of imidazole rings is 1. The molecule has 0 bridgehead atoms. The largest absolute Gasteiger partial charge is 0.337 e. The monoisotopic (exact) mass is 263 g/mol. The molecule has 0 saturated heterocycles. The number of hydrogen-bond acceptors (Lipinski definition) is 2. The Labute approximate surface area is 113 Å². The summed E-state index contributed by atoms with van der Waals surface area (Å²) >= 11 is 6.31. The number of nitrogens with one attached hydrogen (secondary N) is 1. The zero-order valence-electron chi connectivity index (χ0n) is 10.3. The van der Waals surface area contributed by atoms with Gasteiger partial charge in [-0.3, -0.25) is 0 Å². The van der Waals surface area contributed by atoms with Crippen molar-refractivity contribution in [1.29, 1.82) is 0 Å². The lowest BCUT2D eigenvalue weighted by atomic mass is 10.1. The van der Waals surface area contributed by atoms with Gasteiger partial charge < -0.3 is 9.88 Å². The Kier molecular flexibility index (Phi) is 5.24. The highest BCUT2D eigenvalue weighted by Gasteiger charge is 2.05. The van der Waals surface area contributed by atoms with Crippen LogP contribution in [0.1, 0.15) is 17.4 Å². The van der Waals surface area contributed by atoms with Crippen LogP contribution in [-0.2, 0) is 6.54 Å². The van der Waals surface area contributed by atoms with E-state index in [1.807, 2.05) is 30.7 Å². The van der Waals surface area contributed by atoms with Crippen LogP contribution < -0.4 is 5.32 Å². The summed E-state index contributed by atoms with van der Waals surface area (Å²) in [4.78, 5) is 4.01. The molecule has 1 unspecified atom stereocenters. The molecule has 2 rings (SSSR count). The Bertz CT molecular complexity index is 428. The third kappa shape index (κ3) is 4.17. The van der Waals surface area contributed by atoms with E-state index in [0.717, 1.165) is 26.1 Å². The highest BCUT2D eigenvalue weighted by Crippen LogP contribution is 2.18. The quantitative estimate of drug-likeness (QED) is 0.615. The van der Waals surface area contributed by atoms with Crippen LogP contribution in [0, 0.1) is 0 Å². The van der Waals surface area contributed by atoms with Gasteiger partial charge in [0.1, 0.15) is 0 Å². The molecule has 0 radical (unpaired) electrons. The van der Waals surface area contributed by atoms with Crippen LogP contribution in [-0.4, -0.2) is 22.6 Å². The molecule has 1 atom stereocenters. The number of hydrogen-bond donors (Lipinski definition) is 1. The lowest BCUT2D eigenvalue weighted by Crippen LogP contribution is -2.21. The van der Waals surface area contributed by atoms with Crippen molar-refractivity contribution in [2.75, 3.05) is 13.1 Å². The Hall–Kier alpha value is -1.32. The minimum Gasteiger partial charge on any atom is -0.337 e. The van der Waals surface area contributed by atoms with E-state index in [1.165, 1.54) is 5.56 Å². The number of halogens is 1. The zero-order chi connectivity index (χ0) is 12.6. The smallest absolute Gasteiger partial charge is 0.0945 e. The van der Waals surface area contributed by atoms with Crippen molar-refractivity contribution in [3.8, 4) is 0 Å². The van der Waals surface area contributed by atoms with Crippen molar-refractivity contribution in [3.63, 3.8) is 0 Å². The third-order valence-electron chi connectivity index (χ3n) is 2.81. The van der Waals surface area contributed by atoms with Crippen LogP contribution in [0.4, 0.5) is 0 Å². The predicted molar refractivity (Wildman–Crippen MR) is 74.7 cm³/mol. The number of alkyl halides is 1. The van der Waals surface area contributed by atoms with E-state index >= 15 is 0 Å². The maximum absolute atomic E-state index is 6.31. The molecule has 1 heterocycles. The molecule has 0 amide bonds. The van der Waals surface area contributed by atoms with Crippen LogP contribution in [0.5, 0.6) is 0 Å². The van der Waals surface area contributed by atoms with E-state index < -0.39 is 0 Å². The molecule has 18 heavy (non-hydrogen) atoms. The van der Waals surface area contributed by atoms with Crippen molar-refractivity contribution in [1.82, 2.24) is 14.9 Å². The summed E-state index contributed by atoms with van der Waals surface area (Å²) in [5.41, 5.74) is 1.17. The fourth-order valence-electron chi connectivity index (χ4n) is 1.81.